The molecule has 0 unspecified atom stereocenters. The fourth-order valence-electron chi connectivity index (χ4n) is 2.53. The average Bonchev–Trinajstić information content (AvgIpc) is 2.59. The van der Waals surface area contributed by atoms with Crippen molar-refractivity contribution in [2.75, 3.05) is 26.6 Å². The molecule has 2 aromatic rings. The summed E-state index contributed by atoms with van der Waals surface area (Å²) in [6.07, 6.45) is 0. The van der Waals surface area contributed by atoms with Gasteiger partial charge in [-0.1, -0.05) is 32.9 Å². The Kier molecular flexibility index (Phi) is 5.57. The van der Waals surface area contributed by atoms with Gasteiger partial charge >= 0.3 is 0 Å². The van der Waals surface area contributed by atoms with E-state index in [2.05, 4.69) is 26.1 Å². The third kappa shape index (κ3) is 4.05. The van der Waals surface area contributed by atoms with Crippen LogP contribution in [0.3, 0.4) is 0 Å². The number of carbonyl (C=O) groups excluding carboxylic acids is 1. The van der Waals surface area contributed by atoms with Crippen molar-refractivity contribution in [2.45, 2.75) is 26.2 Å². The third-order valence-electron chi connectivity index (χ3n) is 3.96. The number of hydrogen-bond donors (Lipinski definition) is 1. The molecule has 0 saturated heterocycles. The van der Waals surface area contributed by atoms with Crippen molar-refractivity contribution in [2.24, 2.45) is 0 Å². The molecule has 25 heavy (non-hydrogen) atoms. The summed E-state index contributed by atoms with van der Waals surface area (Å²) in [6, 6.07) is 11.2. The van der Waals surface area contributed by atoms with Gasteiger partial charge in [0.05, 0.1) is 26.9 Å². The number of carbonyl (C=O) groups is 1. The van der Waals surface area contributed by atoms with Gasteiger partial charge in [-0.05, 0) is 35.2 Å². The SMILES string of the molecule is COc1ccc(C(=O)Nc2ccc(C(C)(C)C)cc2)c(OC)c1OC. The van der Waals surface area contributed by atoms with E-state index < -0.39 is 0 Å². The van der Waals surface area contributed by atoms with Crippen LogP contribution in [0.5, 0.6) is 17.2 Å². The second-order valence-electron chi connectivity index (χ2n) is 6.66. The molecule has 2 aromatic carbocycles. The summed E-state index contributed by atoms with van der Waals surface area (Å²) in [5, 5.41) is 2.89. The zero-order valence-electron chi connectivity index (χ0n) is 15.6. The quantitative estimate of drug-likeness (QED) is 0.881. The van der Waals surface area contributed by atoms with Gasteiger partial charge in [0.1, 0.15) is 0 Å². The molecule has 0 radical (unpaired) electrons. The van der Waals surface area contributed by atoms with Gasteiger partial charge < -0.3 is 19.5 Å². The Morgan fingerprint density at radius 1 is 0.840 bits per heavy atom. The fraction of sp³-hybridized carbons (Fsp3) is 0.350. The molecule has 2 rings (SSSR count). The number of ether oxygens (including phenoxy) is 3. The van der Waals surface area contributed by atoms with Crippen molar-refractivity contribution in [1.29, 1.82) is 0 Å². The van der Waals surface area contributed by atoms with Gasteiger partial charge in [-0.3, -0.25) is 4.79 Å². The first-order valence-electron chi connectivity index (χ1n) is 8.02. The van der Waals surface area contributed by atoms with E-state index in [-0.39, 0.29) is 11.3 Å². The highest BCUT2D eigenvalue weighted by atomic mass is 16.5. The standard InChI is InChI=1S/C20H25NO4/c1-20(2,3)13-7-9-14(10-8-13)21-19(22)15-11-12-16(23-4)18(25-6)17(15)24-5/h7-12H,1-6H3,(H,21,22). The molecule has 0 bridgehead atoms. The summed E-state index contributed by atoms with van der Waals surface area (Å²) < 4.78 is 15.9. The molecule has 0 aliphatic rings. The van der Waals surface area contributed by atoms with E-state index in [1.165, 1.54) is 26.9 Å². The number of hydrogen-bond acceptors (Lipinski definition) is 4. The normalized spacial score (nSPS) is 11.0. The lowest BCUT2D eigenvalue weighted by atomic mass is 9.87. The Labute approximate surface area is 148 Å². The fourth-order valence-corrected chi connectivity index (χ4v) is 2.53. The molecule has 0 aliphatic heterocycles. The van der Waals surface area contributed by atoms with Crippen molar-refractivity contribution in [3.8, 4) is 17.2 Å². The van der Waals surface area contributed by atoms with E-state index in [4.69, 9.17) is 14.2 Å². The first-order valence-corrected chi connectivity index (χ1v) is 8.02. The first-order chi connectivity index (χ1) is 11.8. The van der Waals surface area contributed by atoms with Crippen LogP contribution in [0.1, 0.15) is 36.7 Å². The molecular formula is C20H25NO4. The van der Waals surface area contributed by atoms with Gasteiger partial charge in [-0.25, -0.2) is 0 Å². The lowest BCUT2D eigenvalue weighted by Crippen LogP contribution is -2.15. The number of amides is 1. The molecule has 5 nitrogen and oxygen atoms in total. The molecule has 0 aromatic heterocycles. The number of anilines is 1. The summed E-state index contributed by atoms with van der Waals surface area (Å²) in [5.74, 6) is 0.957. The van der Waals surface area contributed by atoms with Gasteiger partial charge in [0.25, 0.3) is 5.91 Å². The lowest BCUT2D eigenvalue weighted by molar-refractivity contribution is 0.102. The van der Waals surface area contributed by atoms with Crippen molar-refractivity contribution < 1.29 is 19.0 Å². The van der Waals surface area contributed by atoms with E-state index in [0.717, 1.165) is 5.69 Å². The maximum atomic E-state index is 12.7. The second kappa shape index (κ2) is 7.47. The summed E-state index contributed by atoms with van der Waals surface area (Å²) in [4.78, 5) is 12.7. The van der Waals surface area contributed by atoms with Crippen LogP contribution in [0.15, 0.2) is 36.4 Å². The second-order valence-corrected chi connectivity index (χ2v) is 6.66. The van der Waals surface area contributed by atoms with Crippen LogP contribution in [0.4, 0.5) is 5.69 Å². The summed E-state index contributed by atoms with van der Waals surface area (Å²) in [7, 11) is 4.54. The number of rotatable bonds is 5. The summed E-state index contributed by atoms with van der Waals surface area (Å²) >= 11 is 0. The maximum absolute atomic E-state index is 12.7. The van der Waals surface area contributed by atoms with Gasteiger partial charge in [0.2, 0.25) is 5.75 Å². The molecule has 0 fully saturated rings. The van der Waals surface area contributed by atoms with Crippen molar-refractivity contribution >= 4 is 11.6 Å². The first kappa shape index (κ1) is 18.6. The Bertz CT molecular complexity index is 746. The number of methoxy groups -OCH3 is 3. The highest BCUT2D eigenvalue weighted by Crippen LogP contribution is 2.40. The highest BCUT2D eigenvalue weighted by molar-refractivity contribution is 6.07. The van der Waals surface area contributed by atoms with Gasteiger partial charge in [-0.2, -0.15) is 0 Å². The molecular weight excluding hydrogens is 318 g/mol. The zero-order chi connectivity index (χ0) is 18.6. The van der Waals surface area contributed by atoms with E-state index in [1.807, 2.05) is 24.3 Å². The molecule has 134 valence electrons. The van der Waals surface area contributed by atoms with Crippen LogP contribution in [0, 0.1) is 0 Å². The smallest absolute Gasteiger partial charge is 0.259 e. The van der Waals surface area contributed by atoms with Crippen LogP contribution in [-0.4, -0.2) is 27.2 Å². The molecule has 0 atom stereocenters. The molecule has 0 heterocycles. The monoisotopic (exact) mass is 343 g/mol. The molecule has 5 heteroatoms. The molecule has 0 saturated carbocycles. The molecule has 1 amide bonds. The van der Waals surface area contributed by atoms with Crippen molar-refractivity contribution in [3.63, 3.8) is 0 Å². The van der Waals surface area contributed by atoms with E-state index in [1.54, 1.807) is 12.1 Å². The summed E-state index contributed by atoms with van der Waals surface area (Å²) in [5.41, 5.74) is 2.36. The van der Waals surface area contributed by atoms with Crippen LogP contribution in [0.2, 0.25) is 0 Å². The van der Waals surface area contributed by atoms with Gasteiger partial charge in [0.15, 0.2) is 11.5 Å². The van der Waals surface area contributed by atoms with Crippen LogP contribution in [-0.2, 0) is 5.41 Å². The Morgan fingerprint density at radius 3 is 1.92 bits per heavy atom. The summed E-state index contributed by atoms with van der Waals surface area (Å²) in [6.45, 7) is 6.44. The van der Waals surface area contributed by atoms with Crippen LogP contribution in [0.25, 0.3) is 0 Å². The highest BCUT2D eigenvalue weighted by Gasteiger charge is 2.21. The van der Waals surface area contributed by atoms with Gasteiger partial charge in [-0.15, -0.1) is 0 Å². The van der Waals surface area contributed by atoms with Crippen LogP contribution < -0.4 is 19.5 Å². The Hall–Kier alpha value is -2.69. The average molecular weight is 343 g/mol. The number of nitrogens with one attached hydrogen (secondary N) is 1. The molecule has 1 N–H and O–H groups in total. The predicted octanol–water partition coefficient (Wildman–Crippen LogP) is 4.26. The number of benzene rings is 2. The molecule has 0 spiro atoms. The Morgan fingerprint density at radius 2 is 1.44 bits per heavy atom. The maximum Gasteiger partial charge on any atom is 0.259 e. The molecule has 0 aliphatic carbocycles. The lowest BCUT2D eigenvalue weighted by Gasteiger charge is -2.19. The minimum atomic E-state index is -0.277. The third-order valence-corrected chi connectivity index (χ3v) is 3.96. The minimum Gasteiger partial charge on any atom is -0.493 e. The Balaban J connectivity index is 2.29. The minimum absolute atomic E-state index is 0.0646. The van der Waals surface area contributed by atoms with Crippen molar-refractivity contribution in [1.82, 2.24) is 0 Å². The topological polar surface area (TPSA) is 56.8 Å². The predicted molar refractivity (Wildman–Crippen MR) is 99.2 cm³/mol. The van der Waals surface area contributed by atoms with Crippen molar-refractivity contribution in [3.05, 3.63) is 47.5 Å². The van der Waals surface area contributed by atoms with Crippen LogP contribution >= 0.6 is 0 Å². The van der Waals surface area contributed by atoms with E-state index in [9.17, 15) is 4.79 Å². The van der Waals surface area contributed by atoms with E-state index in [0.29, 0.717) is 22.8 Å². The van der Waals surface area contributed by atoms with Gasteiger partial charge in [0, 0.05) is 5.69 Å². The zero-order valence-corrected chi connectivity index (χ0v) is 15.6. The largest absolute Gasteiger partial charge is 0.493 e. The van der Waals surface area contributed by atoms with E-state index >= 15 is 0 Å².